The average Bonchev–Trinajstić information content (AvgIpc) is 3.36. The van der Waals surface area contributed by atoms with Crippen molar-refractivity contribution in [3.8, 4) is 5.88 Å². The van der Waals surface area contributed by atoms with E-state index in [1.165, 1.54) is 31.7 Å². The van der Waals surface area contributed by atoms with Crippen LogP contribution in [0.1, 0.15) is 19.8 Å². The van der Waals surface area contributed by atoms with Gasteiger partial charge in [0.25, 0.3) is 5.92 Å². The first kappa shape index (κ1) is 28.6. The van der Waals surface area contributed by atoms with Gasteiger partial charge in [-0.25, -0.2) is 33.3 Å². The van der Waals surface area contributed by atoms with Gasteiger partial charge in [0.15, 0.2) is 5.82 Å². The summed E-state index contributed by atoms with van der Waals surface area (Å²) >= 11 is 0. The maximum Gasteiger partial charge on any atom is 0.413 e. The molecule has 5 heterocycles. The van der Waals surface area contributed by atoms with E-state index in [2.05, 4.69) is 40.8 Å². The molecule has 222 valence electrons. The Balaban J connectivity index is 1.19. The number of rotatable bonds is 7. The number of fused-ring (bicyclic) bond motifs is 1. The highest BCUT2D eigenvalue weighted by molar-refractivity contribution is 5.88. The number of carbonyl (C=O) groups is 2. The van der Waals surface area contributed by atoms with Crippen molar-refractivity contribution < 1.29 is 27.8 Å². The van der Waals surface area contributed by atoms with E-state index in [4.69, 9.17) is 9.47 Å². The van der Waals surface area contributed by atoms with Crippen molar-refractivity contribution in [2.45, 2.75) is 43.9 Å². The van der Waals surface area contributed by atoms with Crippen molar-refractivity contribution in [1.82, 2.24) is 35.1 Å². The number of likely N-dealkylation sites (N-methyl/N-ethyl adjacent to an activating group) is 1. The highest BCUT2D eigenvalue weighted by Gasteiger charge is 2.48. The largest absolute Gasteiger partial charge is 0.477 e. The van der Waals surface area contributed by atoms with Crippen LogP contribution in [0.4, 0.5) is 36.0 Å². The van der Waals surface area contributed by atoms with E-state index in [0.717, 1.165) is 31.0 Å². The van der Waals surface area contributed by atoms with Crippen molar-refractivity contribution in [1.29, 1.82) is 0 Å². The average molecular weight is 577 g/mol. The molecule has 5 rings (SSSR count). The Morgan fingerprint density at radius 1 is 1.17 bits per heavy atom. The lowest BCUT2D eigenvalue weighted by molar-refractivity contribution is -0.0760. The van der Waals surface area contributed by atoms with E-state index in [-0.39, 0.29) is 42.7 Å². The van der Waals surface area contributed by atoms with Crippen LogP contribution in [0.5, 0.6) is 5.88 Å². The Labute approximate surface area is 235 Å². The zero-order valence-electron chi connectivity index (χ0n) is 22.9. The fourth-order valence-electron chi connectivity index (χ4n) is 5.27. The molecule has 0 unspecified atom stereocenters. The number of alkyl halides is 2. The van der Waals surface area contributed by atoms with E-state index >= 15 is 0 Å². The molecule has 3 amide bonds. The van der Waals surface area contributed by atoms with Crippen LogP contribution in [0, 0.1) is 0 Å². The number of carbonyl (C=O) groups excluding carboxylic acids is 2. The van der Waals surface area contributed by atoms with Gasteiger partial charge in [-0.2, -0.15) is 4.98 Å². The monoisotopic (exact) mass is 576 g/mol. The molecular weight excluding hydrogens is 542 g/mol. The van der Waals surface area contributed by atoms with Gasteiger partial charge in [-0.1, -0.05) is 0 Å². The Morgan fingerprint density at radius 3 is 2.78 bits per heavy atom. The number of piperidine rings is 1. The number of hydrogen-bond donors (Lipinski definition) is 3. The van der Waals surface area contributed by atoms with Gasteiger partial charge in [-0.05, 0) is 13.0 Å². The molecule has 3 atom stereocenters. The summed E-state index contributed by atoms with van der Waals surface area (Å²) in [6.07, 6.45) is 3.43. The second-order valence-electron chi connectivity index (χ2n) is 10.2. The third kappa shape index (κ3) is 6.87. The number of aromatic nitrogens is 4. The second-order valence-corrected chi connectivity index (χ2v) is 10.2. The van der Waals surface area contributed by atoms with Crippen molar-refractivity contribution in [2.24, 2.45) is 0 Å². The highest BCUT2D eigenvalue weighted by Crippen LogP contribution is 2.33. The molecule has 0 saturated carbocycles. The molecule has 3 fully saturated rings. The number of urea groups is 1. The van der Waals surface area contributed by atoms with Gasteiger partial charge in [-0.3, -0.25) is 15.5 Å². The molecule has 0 aliphatic carbocycles. The lowest BCUT2D eigenvalue weighted by atomic mass is 10.00. The van der Waals surface area contributed by atoms with Crippen molar-refractivity contribution >= 4 is 29.7 Å². The maximum atomic E-state index is 15.0. The molecule has 2 aromatic rings. The second kappa shape index (κ2) is 12.3. The normalized spacial score (nSPS) is 23.8. The van der Waals surface area contributed by atoms with Gasteiger partial charge in [0.1, 0.15) is 18.0 Å². The quantitative estimate of drug-likeness (QED) is 0.441. The first-order valence-corrected chi connectivity index (χ1v) is 13.6. The van der Waals surface area contributed by atoms with Crippen molar-refractivity contribution in [3.63, 3.8) is 0 Å². The van der Waals surface area contributed by atoms with Crippen LogP contribution in [-0.4, -0.2) is 119 Å². The lowest BCUT2D eigenvalue weighted by Crippen LogP contribution is -2.60. The van der Waals surface area contributed by atoms with Crippen molar-refractivity contribution in [3.05, 3.63) is 24.7 Å². The molecule has 41 heavy (non-hydrogen) atoms. The number of nitrogens with one attached hydrogen (secondary N) is 3. The number of anilines is 3. The van der Waals surface area contributed by atoms with Crippen LogP contribution in [0.15, 0.2) is 24.7 Å². The summed E-state index contributed by atoms with van der Waals surface area (Å²) < 4.78 is 40.8. The summed E-state index contributed by atoms with van der Waals surface area (Å²) in [4.78, 5) is 46.8. The van der Waals surface area contributed by atoms with Crippen LogP contribution in [0.3, 0.4) is 0 Å². The Kier molecular flexibility index (Phi) is 8.58. The molecular formula is C25H34F2N10O4. The number of halogens is 2. The lowest BCUT2D eigenvalue weighted by Gasteiger charge is -2.42. The van der Waals surface area contributed by atoms with Crippen LogP contribution in [-0.2, 0) is 4.74 Å². The molecule has 3 aliphatic rings. The third-order valence-corrected chi connectivity index (χ3v) is 7.41. The predicted molar refractivity (Wildman–Crippen MR) is 144 cm³/mol. The molecule has 0 spiro atoms. The molecule has 16 heteroatoms. The molecule has 0 bridgehead atoms. The summed E-state index contributed by atoms with van der Waals surface area (Å²) in [5.41, 5.74) is 0. The number of piperazine rings is 1. The SMILES string of the molecule is CCOc1cnc(NC(=O)N(C)[C@H]2CN(c3nccc(NC(=O)O[C@H]4C[C@@H]5CNCCN5C4)n3)CCC2(F)F)cn1. The van der Waals surface area contributed by atoms with Crippen LogP contribution in [0.25, 0.3) is 0 Å². The number of nitrogens with zero attached hydrogens (tertiary/aromatic N) is 7. The topological polar surface area (TPSA) is 150 Å². The molecule has 2 aromatic heterocycles. The summed E-state index contributed by atoms with van der Waals surface area (Å²) in [7, 11) is 1.29. The summed E-state index contributed by atoms with van der Waals surface area (Å²) in [5.74, 6) is -2.44. The van der Waals surface area contributed by atoms with Crippen LogP contribution in [0.2, 0.25) is 0 Å². The smallest absolute Gasteiger partial charge is 0.413 e. The molecule has 14 nitrogen and oxygen atoms in total. The van der Waals surface area contributed by atoms with Crippen LogP contribution < -0.4 is 25.6 Å². The minimum Gasteiger partial charge on any atom is -0.477 e. The van der Waals surface area contributed by atoms with E-state index in [1.54, 1.807) is 11.8 Å². The molecule has 3 N–H and O–H groups in total. The highest BCUT2D eigenvalue weighted by atomic mass is 19.3. The number of ether oxygens (including phenoxy) is 2. The Morgan fingerprint density at radius 2 is 2.02 bits per heavy atom. The van der Waals surface area contributed by atoms with E-state index < -0.39 is 30.5 Å². The van der Waals surface area contributed by atoms with Crippen molar-refractivity contribution in [2.75, 3.05) is 68.5 Å². The van der Waals surface area contributed by atoms with Gasteiger partial charge in [0.2, 0.25) is 11.8 Å². The van der Waals surface area contributed by atoms with Crippen LogP contribution >= 0.6 is 0 Å². The van der Waals surface area contributed by atoms with E-state index in [9.17, 15) is 18.4 Å². The minimum absolute atomic E-state index is 0.0371. The number of amides is 3. The van der Waals surface area contributed by atoms with Gasteiger partial charge in [0, 0.05) is 71.4 Å². The van der Waals surface area contributed by atoms with E-state index in [0.29, 0.717) is 19.2 Å². The van der Waals surface area contributed by atoms with E-state index in [1.807, 2.05) is 0 Å². The van der Waals surface area contributed by atoms with Gasteiger partial charge < -0.3 is 24.6 Å². The minimum atomic E-state index is -3.16. The first-order valence-electron chi connectivity index (χ1n) is 13.6. The number of hydrogen-bond acceptors (Lipinski definition) is 11. The zero-order valence-corrected chi connectivity index (χ0v) is 22.9. The third-order valence-electron chi connectivity index (χ3n) is 7.41. The molecule has 3 aliphatic heterocycles. The van der Waals surface area contributed by atoms with Gasteiger partial charge in [0.05, 0.1) is 19.0 Å². The first-order chi connectivity index (χ1) is 19.7. The Hall–Kier alpha value is -3.92. The fourth-order valence-corrected chi connectivity index (χ4v) is 5.27. The zero-order chi connectivity index (χ0) is 29.0. The Bertz CT molecular complexity index is 1210. The standard InChI is InChI=1S/C25H34F2N10O4/c1-3-40-21-13-30-20(12-31-21)33-23(38)35(2)18-15-37(8-5-25(18,26)27)22-29-6-4-19(32-22)34-24(39)41-17-10-16-11-28-7-9-36(16)14-17/h4,6,12-13,16-18,28H,3,5,7-11,14-15H2,1-2H3,(H,30,33,38)(H,29,32,34,39)/t16-,17+,18+/m1/s1. The summed E-state index contributed by atoms with van der Waals surface area (Å²) in [6.45, 7) is 5.33. The maximum absolute atomic E-state index is 15.0. The van der Waals surface area contributed by atoms with Gasteiger partial charge >= 0.3 is 12.1 Å². The predicted octanol–water partition coefficient (Wildman–Crippen LogP) is 1.64. The summed E-state index contributed by atoms with van der Waals surface area (Å²) in [5, 5.41) is 8.45. The summed E-state index contributed by atoms with van der Waals surface area (Å²) in [6, 6.07) is -0.396. The molecule has 3 saturated heterocycles. The molecule has 0 aromatic carbocycles. The molecule has 0 radical (unpaired) electrons. The van der Waals surface area contributed by atoms with Gasteiger partial charge in [-0.15, -0.1) is 0 Å². The fraction of sp³-hybridized carbons (Fsp3) is 0.600.